The maximum Gasteiger partial charge on any atom is 0.324 e. The number of phenols is 1. The van der Waals surface area contributed by atoms with Gasteiger partial charge in [0.1, 0.15) is 17.3 Å². The van der Waals surface area contributed by atoms with Crippen LogP contribution in [0.5, 0.6) is 5.75 Å². The number of likely N-dealkylation sites (N-methyl/N-ethyl adjacent to an activating group) is 1. The number of likely N-dealkylation sites (tertiary alicyclic amines) is 1. The standard InChI is InChI=1S/C37H47N7O5/c1-22-16-31-23(17-28(22)39-36(47)40-34-20-33(49-41-34)37(2,3)4)18-32(48-31)35(46)29-19-25-26(30(45)7-6-27(25)38-29)21-43-10-8-24(9-11-43)44-14-12-42(5)13-15-44/h6-7,17-20,22,24,38,45H,8-16,21H2,1-5H3,(H2,39,40,41,47). The molecule has 4 N–H and O–H groups in total. The van der Waals surface area contributed by atoms with Crippen molar-refractivity contribution in [3.8, 4) is 5.75 Å². The average Bonchev–Trinajstić information content (AvgIpc) is 3.82. The Kier molecular flexibility index (Phi) is 8.89. The fourth-order valence-electron chi connectivity index (χ4n) is 7.19. The van der Waals surface area contributed by atoms with E-state index in [1.807, 2.05) is 45.9 Å². The summed E-state index contributed by atoms with van der Waals surface area (Å²) in [4.78, 5) is 37.2. The van der Waals surface area contributed by atoms with Gasteiger partial charge < -0.3 is 29.2 Å². The molecule has 5 heterocycles. The summed E-state index contributed by atoms with van der Waals surface area (Å²) in [5.41, 5.74) is 3.27. The normalized spacial score (nSPS) is 19.9. The second-order valence-electron chi connectivity index (χ2n) is 15.0. The summed E-state index contributed by atoms with van der Waals surface area (Å²) in [5.74, 6) is 1.86. The van der Waals surface area contributed by atoms with Gasteiger partial charge in [-0.3, -0.25) is 19.9 Å². The number of nitrogens with one attached hydrogen (secondary N) is 3. The van der Waals surface area contributed by atoms with Crippen LogP contribution in [0.15, 0.2) is 45.0 Å². The molecule has 1 aliphatic carbocycles. The van der Waals surface area contributed by atoms with Gasteiger partial charge in [0, 0.05) is 90.3 Å². The van der Waals surface area contributed by atoms with Gasteiger partial charge in [0.15, 0.2) is 11.6 Å². The lowest BCUT2D eigenvalue weighted by Gasteiger charge is -2.42. The molecule has 0 bridgehead atoms. The van der Waals surface area contributed by atoms with Crippen molar-refractivity contribution in [3.05, 3.63) is 70.1 Å². The van der Waals surface area contributed by atoms with Crippen molar-refractivity contribution < 1.29 is 23.6 Å². The Morgan fingerprint density at radius 3 is 2.51 bits per heavy atom. The Bertz CT molecular complexity index is 1880. The van der Waals surface area contributed by atoms with Crippen molar-refractivity contribution in [2.75, 3.05) is 51.6 Å². The van der Waals surface area contributed by atoms with E-state index < -0.39 is 6.03 Å². The third kappa shape index (κ3) is 7.03. The van der Waals surface area contributed by atoms with Crippen LogP contribution in [0.25, 0.3) is 17.0 Å². The van der Waals surface area contributed by atoms with Crippen molar-refractivity contribution in [2.45, 2.75) is 65.0 Å². The van der Waals surface area contributed by atoms with Gasteiger partial charge in [0.05, 0.1) is 5.69 Å². The van der Waals surface area contributed by atoms with E-state index in [9.17, 15) is 14.7 Å². The van der Waals surface area contributed by atoms with E-state index in [4.69, 9.17) is 8.94 Å². The van der Waals surface area contributed by atoms with Crippen LogP contribution in [0.2, 0.25) is 0 Å². The fourth-order valence-corrected chi connectivity index (χ4v) is 7.19. The number of carbonyl (C=O) groups excluding carboxylic acids is 2. The molecule has 2 amide bonds. The molecule has 2 saturated heterocycles. The first-order valence-corrected chi connectivity index (χ1v) is 17.3. The number of fused-ring (bicyclic) bond motifs is 2. The van der Waals surface area contributed by atoms with Gasteiger partial charge in [-0.1, -0.05) is 32.9 Å². The largest absolute Gasteiger partial charge is 0.508 e. The van der Waals surface area contributed by atoms with Crippen molar-refractivity contribution in [2.24, 2.45) is 5.92 Å². The average molecular weight is 670 g/mol. The molecule has 1 aromatic carbocycles. The van der Waals surface area contributed by atoms with Crippen molar-refractivity contribution >= 4 is 34.6 Å². The maximum absolute atomic E-state index is 13.7. The van der Waals surface area contributed by atoms with Crippen LogP contribution in [0.1, 0.15) is 79.4 Å². The zero-order valence-corrected chi connectivity index (χ0v) is 29.1. The molecular weight excluding hydrogens is 622 g/mol. The van der Waals surface area contributed by atoms with E-state index >= 15 is 0 Å². The number of nitrogens with zero attached hydrogens (tertiary/aromatic N) is 4. The number of allylic oxidation sites excluding steroid dienone is 1. The maximum atomic E-state index is 13.7. The first-order chi connectivity index (χ1) is 23.4. The summed E-state index contributed by atoms with van der Waals surface area (Å²) in [6.07, 6.45) is 4.62. The number of ketones is 1. The van der Waals surface area contributed by atoms with Crippen molar-refractivity contribution in [1.29, 1.82) is 0 Å². The highest BCUT2D eigenvalue weighted by Crippen LogP contribution is 2.34. The number of phenolic OH excluding ortho intramolecular Hbond substituents is 1. The number of benzene rings is 1. The van der Waals surface area contributed by atoms with Crippen LogP contribution in [0.3, 0.4) is 0 Å². The molecule has 3 aliphatic rings. The highest BCUT2D eigenvalue weighted by molar-refractivity contribution is 6.09. The number of furan rings is 1. The summed E-state index contributed by atoms with van der Waals surface area (Å²) in [5, 5.41) is 21.4. The number of aromatic amines is 1. The summed E-state index contributed by atoms with van der Waals surface area (Å²) < 4.78 is 11.5. The van der Waals surface area contributed by atoms with Gasteiger partial charge in [0.25, 0.3) is 0 Å². The lowest BCUT2D eigenvalue weighted by Crippen LogP contribution is -2.52. The third-order valence-electron chi connectivity index (χ3n) is 10.3. The Morgan fingerprint density at radius 2 is 1.80 bits per heavy atom. The third-order valence-corrected chi connectivity index (χ3v) is 10.3. The second kappa shape index (κ2) is 13.1. The molecule has 7 rings (SSSR count). The molecule has 12 heteroatoms. The summed E-state index contributed by atoms with van der Waals surface area (Å²) in [7, 11) is 2.19. The molecule has 3 aromatic heterocycles. The van der Waals surface area contributed by atoms with Crippen LogP contribution < -0.4 is 10.6 Å². The van der Waals surface area contributed by atoms with Crippen LogP contribution in [-0.2, 0) is 18.4 Å². The number of piperazine rings is 1. The molecule has 1 unspecified atom stereocenters. The summed E-state index contributed by atoms with van der Waals surface area (Å²) >= 11 is 0. The van der Waals surface area contributed by atoms with E-state index in [2.05, 4.69) is 42.5 Å². The number of urea groups is 1. The molecule has 1 atom stereocenters. The van der Waals surface area contributed by atoms with E-state index in [1.54, 1.807) is 18.2 Å². The number of anilines is 1. The lowest BCUT2D eigenvalue weighted by molar-refractivity contribution is 0.0657. The van der Waals surface area contributed by atoms with Gasteiger partial charge in [-0.25, -0.2) is 4.79 Å². The van der Waals surface area contributed by atoms with Gasteiger partial charge >= 0.3 is 6.03 Å². The second-order valence-corrected chi connectivity index (χ2v) is 15.0. The number of amides is 2. The number of piperidine rings is 1. The lowest BCUT2D eigenvalue weighted by atomic mass is 9.93. The van der Waals surface area contributed by atoms with Crippen LogP contribution >= 0.6 is 0 Å². The van der Waals surface area contributed by atoms with E-state index in [0.29, 0.717) is 47.7 Å². The SMILES string of the molecule is CC1Cc2oc(C(=O)c3cc4c(CN5CCC(N6CCN(C)CC6)CC5)c(O)ccc4[nH]3)cc2C=C1NC(=O)Nc1cc(C(C)(C)C)on1. The molecule has 0 saturated carbocycles. The number of carbonyl (C=O) groups is 2. The molecule has 2 aliphatic heterocycles. The number of rotatable bonds is 7. The van der Waals surface area contributed by atoms with E-state index in [-0.39, 0.29) is 28.6 Å². The van der Waals surface area contributed by atoms with Gasteiger partial charge in [-0.05, 0) is 63.3 Å². The molecular formula is C37H47N7O5. The fraction of sp³-hybridized carbons (Fsp3) is 0.486. The highest BCUT2D eigenvalue weighted by atomic mass is 16.5. The molecule has 0 spiro atoms. The zero-order valence-electron chi connectivity index (χ0n) is 29.1. The predicted octanol–water partition coefficient (Wildman–Crippen LogP) is 5.55. The Morgan fingerprint density at radius 1 is 1.04 bits per heavy atom. The number of hydrogen-bond donors (Lipinski definition) is 4. The Labute approximate surface area is 286 Å². The van der Waals surface area contributed by atoms with Crippen molar-refractivity contribution in [1.82, 2.24) is 30.2 Å². The Hall–Kier alpha value is -4.39. The minimum atomic E-state index is -0.424. The topological polar surface area (TPSA) is 143 Å². The first-order valence-electron chi connectivity index (χ1n) is 17.3. The van der Waals surface area contributed by atoms with Gasteiger partial charge in [-0.15, -0.1) is 0 Å². The molecule has 49 heavy (non-hydrogen) atoms. The smallest absolute Gasteiger partial charge is 0.324 e. The monoisotopic (exact) mass is 669 g/mol. The zero-order chi connectivity index (χ0) is 34.4. The predicted molar refractivity (Wildman–Crippen MR) is 188 cm³/mol. The van der Waals surface area contributed by atoms with Crippen molar-refractivity contribution in [3.63, 3.8) is 0 Å². The number of aromatic hydroxyl groups is 1. The van der Waals surface area contributed by atoms with Crippen LogP contribution in [-0.4, -0.2) is 94.1 Å². The minimum Gasteiger partial charge on any atom is -0.508 e. The van der Waals surface area contributed by atoms with E-state index in [1.165, 1.54) is 0 Å². The summed E-state index contributed by atoms with van der Waals surface area (Å²) in [6.45, 7) is 15.1. The van der Waals surface area contributed by atoms with Gasteiger partial charge in [0.2, 0.25) is 5.78 Å². The number of aromatic nitrogens is 2. The number of H-pyrrole nitrogens is 1. The molecule has 4 aromatic rings. The first kappa shape index (κ1) is 33.1. The van der Waals surface area contributed by atoms with Crippen LogP contribution in [0, 0.1) is 5.92 Å². The minimum absolute atomic E-state index is 0.0416. The van der Waals surface area contributed by atoms with E-state index in [0.717, 1.165) is 74.1 Å². The molecule has 0 radical (unpaired) electrons. The summed E-state index contributed by atoms with van der Waals surface area (Å²) in [6, 6.07) is 8.99. The Balaban J connectivity index is 1.02. The number of hydrogen-bond acceptors (Lipinski definition) is 9. The molecule has 2 fully saturated rings. The molecule has 12 nitrogen and oxygen atoms in total. The molecule has 260 valence electrons. The highest BCUT2D eigenvalue weighted by Gasteiger charge is 2.29. The van der Waals surface area contributed by atoms with Crippen LogP contribution in [0.4, 0.5) is 10.6 Å². The quantitative estimate of drug-likeness (QED) is 0.186. The van der Waals surface area contributed by atoms with Gasteiger partial charge in [-0.2, -0.15) is 0 Å².